The van der Waals surface area contributed by atoms with Gasteiger partial charge in [-0.15, -0.1) is 0 Å². The van der Waals surface area contributed by atoms with Crippen molar-refractivity contribution in [1.29, 1.82) is 0 Å². The maximum atomic E-state index is 6.62. The first kappa shape index (κ1) is 16.3. The predicted octanol–water partition coefficient (Wildman–Crippen LogP) is 3.00. The molecule has 0 aromatic heterocycles. The molecule has 3 aliphatic heterocycles. The lowest BCUT2D eigenvalue weighted by Gasteiger charge is -2.49. The van der Waals surface area contributed by atoms with Crippen LogP contribution in [-0.2, 0) is 0 Å². The van der Waals surface area contributed by atoms with Crippen molar-refractivity contribution in [3.05, 3.63) is 64.1 Å². The van der Waals surface area contributed by atoms with E-state index < -0.39 is 0 Å². The molecule has 0 bridgehead atoms. The van der Waals surface area contributed by atoms with Gasteiger partial charge in [-0.05, 0) is 23.8 Å². The smallest absolute Gasteiger partial charge is 0.208 e. The van der Waals surface area contributed by atoms with Crippen LogP contribution >= 0.6 is 15.9 Å². The third-order valence-corrected chi connectivity index (χ3v) is 6.50. The SMILES string of the molecule is C[NH+]1CCC2(CC1)Oc1ccccc1[C@H]1CC(c3ccc(Br)cc3)=NN12. The number of benzene rings is 2. The van der Waals surface area contributed by atoms with E-state index in [1.165, 1.54) is 11.1 Å². The zero-order valence-electron chi connectivity index (χ0n) is 14.9. The van der Waals surface area contributed by atoms with Crippen molar-refractivity contribution in [3.8, 4) is 5.75 Å². The molecule has 5 rings (SSSR count). The Kier molecular flexibility index (Phi) is 3.83. The Morgan fingerprint density at radius 2 is 1.85 bits per heavy atom. The zero-order chi connectivity index (χ0) is 17.7. The summed E-state index contributed by atoms with van der Waals surface area (Å²) in [6.45, 7) is 2.24. The average molecular weight is 413 g/mol. The molecule has 134 valence electrons. The van der Waals surface area contributed by atoms with Crippen LogP contribution in [0, 0.1) is 0 Å². The van der Waals surface area contributed by atoms with E-state index in [1.54, 1.807) is 4.90 Å². The number of fused-ring (bicyclic) bond motifs is 4. The topological polar surface area (TPSA) is 29.3 Å². The van der Waals surface area contributed by atoms with Crippen molar-refractivity contribution in [2.24, 2.45) is 5.10 Å². The maximum Gasteiger partial charge on any atom is 0.208 e. The highest BCUT2D eigenvalue weighted by Gasteiger charge is 2.52. The number of piperidine rings is 1. The van der Waals surface area contributed by atoms with Gasteiger partial charge in [0.25, 0.3) is 0 Å². The summed E-state index contributed by atoms with van der Waals surface area (Å²) in [6.07, 6.45) is 2.97. The molecule has 2 aromatic carbocycles. The molecule has 3 aliphatic rings. The molecule has 5 heteroatoms. The molecule has 0 saturated carbocycles. The number of hydrogen-bond acceptors (Lipinski definition) is 3. The molecular weight excluding hydrogens is 390 g/mol. The second-order valence-electron chi connectivity index (χ2n) is 7.66. The van der Waals surface area contributed by atoms with E-state index in [0.29, 0.717) is 0 Å². The fourth-order valence-electron chi connectivity index (χ4n) is 4.44. The van der Waals surface area contributed by atoms with Crippen molar-refractivity contribution in [1.82, 2.24) is 5.01 Å². The Morgan fingerprint density at radius 1 is 1.12 bits per heavy atom. The van der Waals surface area contributed by atoms with Crippen molar-refractivity contribution in [3.63, 3.8) is 0 Å². The number of hydrazone groups is 1. The van der Waals surface area contributed by atoms with Gasteiger partial charge in [0.2, 0.25) is 5.72 Å². The molecule has 1 fully saturated rings. The van der Waals surface area contributed by atoms with E-state index in [9.17, 15) is 0 Å². The van der Waals surface area contributed by atoms with Gasteiger partial charge < -0.3 is 9.64 Å². The van der Waals surface area contributed by atoms with E-state index in [4.69, 9.17) is 9.84 Å². The minimum Gasteiger partial charge on any atom is -0.466 e. The van der Waals surface area contributed by atoms with Crippen LogP contribution in [0.15, 0.2) is 58.1 Å². The molecule has 2 aromatic rings. The summed E-state index contributed by atoms with van der Waals surface area (Å²) in [6, 6.07) is 17.3. The largest absolute Gasteiger partial charge is 0.466 e. The predicted molar refractivity (Wildman–Crippen MR) is 106 cm³/mol. The van der Waals surface area contributed by atoms with E-state index in [1.807, 2.05) is 0 Å². The Balaban J connectivity index is 1.57. The summed E-state index contributed by atoms with van der Waals surface area (Å²) in [4.78, 5) is 1.57. The van der Waals surface area contributed by atoms with Gasteiger partial charge in [0.15, 0.2) is 0 Å². The highest BCUT2D eigenvalue weighted by atomic mass is 79.9. The summed E-state index contributed by atoms with van der Waals surface area (Å²) in [5.41, 5.74) is 3.33. The molecule has 1 saturated heterocycles. The van der Waals surface area contributed by atoms with E-state index >= 15 is 0 Å². The third-order valence-electron chi connectivity index (χ3n) is 5.97. The van der Waals surface area contributed by atoms with Gasteiger partial charge in [0.05, 0.1) is 44.7 Å². The molecular formula is C21H23BrN3O+. The first-order valence-corrected chi connectivity index (χ1v) is 10.2. The second kappa shape index (κ2) is 6.10. The molecule has 1 spiro atoms. The summed E-state index contributed by atoms with van der Waals surface area (Å²) in [5, 5.41) is 7.40. The number of rotatable bonds is 1. The fourth-order valence-corrected chi connectivity index (χ4v) is 4.71. The molecule has 26 heavy (non-hydrogen) atoms. The van der Waals surface area contributed by atoms with Crippen molar-refractivity contribution in [2.75, 3.05) is 20.1 Å². The summed E-state index contributed by atoms with van der Waals surface area (Å²) >= 11 is 3.53. The molecule has 1 N–H and O–H groups in total. The van der Waals surface area contributed by atoms with Crippen LogP contribution < -0.4 is 9.64 Å². The van der Waals surface area contributed by atoms with Crippen molar-refractivity contribution in [2.45, 2.75) is 31.0 Å². The monoisotopic (exact) mass is 412 g/mol. The Morgan fingerprint density at radius 3 is 2.62 bits per heavy atom. The zero-order valence-corrected chi connectivity index (χ0v) is 16.5. The molecule has 0 amide bonds. The Labute approximate surface area is 162 Å². The summed E-state index contributed by atoms with van der Waals surface area (Å²) < 4.78 is 7.72. The third kappa shape index (κ3) is 2.57. The van der Waals surface area contributed by atoms with Gasteiger partial charge >= 0.3 is 0 Å². The molecule has 0 unspecified atom stereocenters. The van der Waals surface area contributed by atoms with Gasteiger partial charge in [-0.3, -0.25) is 0 Å². The van der Waals surface area contributed by atoms with Gasteiger partial charge in [0, 0.05) is 16.5 Å². The number of quaternary nitrogens is 1. The summed E-state index contributed by atoms with van der Waals surface area (Å²) in [5.74, 6) is 1.04. The minimum absolute atomic E-state index is 0.275. The lowest BCUT2D eigenvalue weighted by Crippen LogP contribution is -3.11. The van der Waals surface area contributed by atoms with E-state index in [2.05, 4.69) is 76.5 Å². The highest BCUT2D eigenvalue weighted by Crippen LogP contribution is 2.49. The Hall–Kier alpha value is -1.85. The second-order valence-corrected chi connectivity index (χ2v) is 8.58. The molecule has 0 aliphatic carbocycles. The lowest BCUT2D eigenvalue weighted by atomic mass is 9.91. The van der Waals surface area contributed by atoms with Crippen LogP contribution in [0.2, 0.25) is 0 Å². The van der Waals surface area contributed by atoms with Gasteiger partial charge in [-0.25, -0.2) is 5.01 Å². The van der Waals surface area contributed by atoms with E-state index in [0.717, 1.165) is 48.3 Å². The normalized spacial score (nSPS) is 29.8. The number of nitrogens with one attached hydrogen (secondary N) is 1. The van der Waals surface area contributed by atoms with Crippen LogP contribution in [0.5, 0.6) is 5.75 Å². The van der Waals surface area contributed by atoms with E-state index in [-0.39, 0.29) is 11.8 Å². The maximum absolute atomic E-state index is 6.62. The number of nitrogens with zero attached hydrogens (tertiary/aromatic N) is 2. The van der Waals surface area contributed by atoms with Crippen LogP contribution in [0.25, 0.3) is 0 Å². The number of halogens is 1. The lowest BCUT2D eigenvalue weighted by molar-refractivity contribution is -0.888. The van der Waals surface area contributed by atoms with Crippen molar-refractivity contribution >= 4 is 21.6 Å². The van der Waals surface area contributed by atoms with Gasteiger partial charge in [0.1, 0.15) is 5.75 Å². The minimum atomic E-state index is -0.296. The first-order valence-electron chi connectivity index (χ1n) is 9.37. The van der Waals surface area contributed by atoms with Gasteiger partial charge in [-0.1, -0.05) is 46.3 Å². The van der Waals surface area contributed by atoms with Crippen LogP contribution in [0.1, 0.15) is 36.4 Å². The standard InChI is InChI=1S/C21H22BrN3O/c1-24-12-10-21(11-13-24)25-19(17-4-2-3-5-20(17)26-21)14-18(23-25)15-6-8-16(22)9-7-15/h2-9,19H,10-14H2,1H3/p+1/t19-/m1/s1. The molecule has 3 heterocycles. The first-order chi connectivity index (χ1) is 12.6. The van der Waals surface area contributed by atoms with Crippen LogP contribution in [0.4, 0.5) is 0 Å². The Bertz CT molecular complexity index is 856. The number of para-hydroxylation sites is 1. The van der Waals surface area contributed by atoms with Crippen molar-refractivity contribution < 1.29 is 9.64 Å². The van der Waals surface area contributed by atoms with Crippen LogP contribution in [-0.4, -0.2) is 36.6 Å². The fraction of sp³-hybridized carbons (Fsp3) is 0.381. The molecule has 4 nitrogen and oxygen atoms in total. The highest BCUT2D eigenvalue weighted by molar-refractivity contribution is 9.10. The molecule has 1 atom stereocenters. The summed E-state index contributed by atoms with van der Waals surface area (Å²) in [7, 11) is 2.27. The average Bonchev–Trinajstić information content (AvgIpc) is 3.12. The van der Waals surface area contributed by atoms with Crippen LogP contribution in [0.3, 0.4) is 0 Å². The number of ether oxygens (including phenoxy) is 1. The molecule has 0 radical (unpaired) electrons. The van der Waals surface area contributed by atoms with Gasteiger partial charge in [-0.2, -0.15) is 5.10 Å². The quantitative estimate of drug-likeness (QED) is 0.779. The number of likely N-dealkylation sites (tertiary alicyclic amines) is 1. The number of hydrogen-bond donors (Lipinski definition) is 1.